The number of ether oxygens (including phenoxy) is 1. The molecule has 1 saturated heterocycles. The molecule has 6 heteroatoms. The van der Waals surface area contributed by atoms with Crippen molar-refractivity contribution < 1.29 is 19.5 Å². The third-order valence-electron chi connectivity index (χ3n) is 5.70. The SMILES string of the molecule is Cc1cc(C)cc(COc2cccc(C3(C)CCN(C(C)C(=O)NO)C3=O)c2)c1. The summed E-state index contributed by atoms with van der Waals surface area (Å²) in [6, 6.07) is 13.2. The van der Waals surface area contributed by atoms with E-state index >= 15 is 0 Å². The van der Waals surface area contributed by atoms with E-state index in [-0.39, 0.29) is 5.91 Å². The first kappa shape index (κ1) is 20.9. The molecule has 0 radical (unpaired) electrons. The van der Waals surface area contributed by atoms with Crippen molar-refractivity contribution in [2.45, 2.75) is 52.2 Å². The molecule has 0 bridgehead atoms. The van der Waals surface area contributed by atoms with Gasteiger partial charge in [-0.05, 0) is 57.4 Å². The molecular formula is C23H28N2O4. The van der Waals surface area contributed by atoms with E-state index in [0.717, 1.165) is 11.1 Å². The molecule has 2 unspecified atom stereocenters. The van der Waals surface area contributed by atoms with Gasteiger partial charge in [0.2, 0.25) is 5.91 Å². The minimum absolute atomic E-state index is 0.125. The van der Waals surface area contributed by atoms with Crippen molar-refractivity contribution in [3.63, 3.8) is 0 Å². The van der Waals surface area contributed by atoms with Crippen molar-refractivity contribution in [1.29, 1.82) is 0 Å². The Kier molecular flexibility index (Phi) is 5.94. The fraction of sp³-hybridized carbons (Fsp3) is 0.391. The van der Waals surface area contributed by atoms with E-state index in [1.807, 2.05) is 31.2 Å². The molecule has 2 N–H and O–H groups in total. The lowest BCUT2D eigenvalue weighted by molar-refractivity contribution is -0.143. The van der Waals surface area contributed by atoms with Gasteiger partial charge in [0, 0.05) is 6.54 Å². The second kappa shape index (κ2) is 8.25. The molecular weight excluding hydrogens is 368 g/mol. The summed E-state index contributed by atoms with van der Waals surface area (Å²) in [4.78, 5) is 26.3. The lowest BCUT2D eigenvalue weighted by Crippen LogP contribution is -2.47. The summed E-state index contributed by atoms with van der Waals surface area (Å²) in [5.74, 6) is -0.0107. The quantitative estimate of drug-likeness (QED) is 0.580. The molecule has 1 aliphatic rings. The maximum absolute atomic E-state index is 13.1. The summed E-state index contributed by atoms with van der Waals surface area (Å²) in [6.07, 6.45) is 0.593. The Morgan fingerprint density at radius 2 is 1.93 bits per heavy atom. The van der Waals surface area contributed by atoms with Gasteiger partial charge in [-0.3, -0.25) is 14.8 Å². The molecule has 2 amide bonds. The molecule has 2 aromatic rings. The summed E-state index contributed by atoms with van der Waals surface area (Å²) in [6.45, 7) is 8.54. The Morgan fingerprint density at radius 3 is 2.59 bits per heavy atom. The number of hydrogen-bond donors (Lipinski definition) is 2. The minimum atomic E-state index is -0.733. The average molecular weight is 396 g/mol. The monoisotopic (exact) mass is 396 g/mol. The van der Waals surface area contributed by atoms with Gasteiger partial charge in [-0.2, -0.15) is 0 Å². The standard InChI is InChI=1S/C23H28N2O4/c1-15-10-16(2)12-18(11-15)14-29-20-7-5-6-19(13-20)23(4)8-9-25(22(23)27)17(3)21(26)24-28/h5-7,10-13,17,28H,8-9,14H2,1-4H3,(H,24,26). The van der Waals surface area contributed by atoms with Crippen LogP contribution in [0, 0.1) is 13.8 Å². The molecule has 3 rings (SSSR count). The zero-order valence-electron chi connectivity index (χ0n) is 17.4. The Labute approximate surface area is 171 Å². The summed E-state index contributed by atoms with van der Waals surface area (Å²) in [5, 5.41) is 8.87. The zero-order valence-corrected chi connectivity index (χ0v) is 17.4. The predicted octanol–water partition coefficient (Wildman–Crippen LogP) is 3.27. The number of benzene rings is 2. The molecule has 1 fully saturated rings. The summed E-state index contributed by atoms with van der Waals surface area (Å²) in [7, 11) is 0. The van der Waals surface area contributed by atoms with Crippen LogP contribution in [0.2, 0.25) is 0 Å². The first-order valence-electron chi connectivity index (χ1n) is 9.80. The number of likely N-dealkylation sites (tertiary alicyclic amines) is 1. The maximum Gasteiger partial charge on any atom is 0.265 e. The molecule has 1 heterocycles. The van der Waals surface area contributed by atoms with Crippen LogP contribution in [0.1, 0.15) is 42.5 Å². The van der Waals surface area contributed by atoms with Gasteiger partial charge < -0.3 is 9.64 Å². The highest BCUT2D eigenvalue weighted by atomic mass is 16.5. The molecule has 0 saturated carbocycles. The number of carbonyl (C=O) groups excluding carboxylic acids is 2. The van der Waals surface area contributed by atoms with Crippen LogP contribution in [-0.4, -0.2) is 34.5 Å². The van der Waals surface area contributed by atoms with Crippen LogP contribution in [0.5, 0.6) is 5.75 Å². The molecule has 0 aromatic heterocycles. The van der Waals surface area contributed by atoms with Crippen molar-refractivity contribution in [2.24, 2.45) is 0 Å². The Bertz CT molecular complexity index is 907. The van der Waals surface area contributed by atoms with Crippen molar-refractivity contribution in [1.82, 2.24) is 10.4 Å². The number of rotatable bonds is 6. The highest BCUT2D eigenvalue weighted by molar-refractivity contribution is 5.94. The first-order chi connectivity index (χ1) is 13.7. The van der Waals surface area contributed by atoms with Gasteiger partial charge >= 0.3 is 0 Å². The van der Waals surface area contributed by atoms with Crippen LogP contribution >= 0.6 is 0 Å². The van der Waals surface area contributed by atoms with E-state index in [0.29, 0.717) is 25.3 Å². The van der Waals surface area contributed by atoms with Gasteiger partial charge in [0.1, 0.15) is 18.4 Å². The number of aryl methyl sites for hydroxylation is 2. The van der Waals surface area contributed by atoms with Crippen molar-refractivity contribution >= 4 is 11.8 Å². The van der Waals surface area contributed by atoms with E-state index in [4.69, 9.17) is 9.94 Å². The van der Waals surface area contributed by atoms with Crippen LogP contribution in [0.4, 0.5) is 0 Å². The topological polar surface area (TPSA) is 78.9 Å². The highest BCUT2D eigenvalue weighted by Crippen LogP contribution is 2.37. The second-order valence-electron chi connectivity index (χ2n) is 8.05. The van der Waals surface area contributed by atoms with Crippen molar-refractivity contribution in [3.05, 3.63) is 64.7 Å². The molecule has 154 valence electrons. The predicted molar refractivity (Wildman–Crippen MR) is 110 cm³/mol. The Hall–Kier alpha value is -2.86. The lowest BCUT2D eigenvalue weighted by atomic mass is 9.81. The van der Waals surface area contributed by atoms with Crippen LogP contribution in [0.15, 0.2) is 42.5 Å². The van der Waals surface area contributed by atoms with E-state index in [1.54, 1.807) is 12.4 Å². The van der Waals surface area contributed by atoms with Gasteiger partial charge in [-0.15, -0.1) is 0 Å². The Balaban J connectivity index is 1.76. The normalized spacial score (nSPS) is 19.9. The largest absolute Gasteiger partial charge is 0.489 e. The van der Waals surface area contributed by atoms with E-state index in [9.17, 15) is 9.59 Å². The molecule has 29 heavy (non-hydrogen) atoms. The molecule has 1 aliphatic heterocycles. The Morgan fingerprint density at radius 1 is 1.24 bits per heavy atom. The zero-order chi connectivity index (χ0) is 21.2. The van der Waals surface area contributed by atoms with Gasteiger partial charge in [-0.1, -0.05) is 41.5 Å². The number of nitrogens with zero attached hydrogens (tertiary/aromatic N) is 1. The van der Waals surface area contributed by atoms with Gasteiger partial charge in [-0.25, -0.2) is 5.48 Å². The van der Waals surface area contributed by atoms with E-state index in [1.165, 1.54) is 16.0 Å². The molecule has 0 aliphatic carbocycles. The highest BCUT2D eigenvalue weighted by Gasteiger charge is 2.46. The third-order valence-corrected chi connectivity index (χ3v) is 5.70. The van der Waals surface area contributed by atoms with Crippen molar-refractivity contribution in [3.8, 4) is 5.75 Å². The number of carbonyl (C=O) groups is 2. The molecule has 2 aromatic carbocycles. The summed E-state index contributed by atoms with van der Waals surface area (Å²) in [5.41, 5.74) is 5.25. The number of nitrogens with one attached hydrogen (secondary N) is 1. The maximum atomic E-state index is 13.1. The van der Waals surface area contributed by atoms with Crippen molar-refractivity contribution in [2.75, 3.05) is 6.54 Å². The third kappa shape index (κ3) is 4.27. The summed E-state index contributed by atoms with van der Waals surface area (Å²) >= 11 is 0. The minimum Gasteiger partial charge on any atom is -0.489 e. The summed E-state index contributed by atoms with van der Waals surface area (Å²) < 4.78 is 5.99. The second-order valence-corrected chi connectivity index (χ2v) is 8.05. The van der Waals surface area contributed by atoms with Crippen LogP contribution < -0.4 is 10.2 Å². The first-order valence-corrected chi connectivity index (χ1v) is 9.80. The van der Waals surface area contributed by atoms with Gasteiger partial charge in [0.25, 0.3) is 5.91 Å². The van der Waals surface area contributed by atoms with E-state index < -0.39 is 17.4 Å². The average Bonchev–Trinajstić information content (AvgIpc) is 3.00. The molecule has 2 atom stereocenters. The van der Waals surface area contributed by atoms with Gasteiger partial charge in [0.15, 0.2) is 0 Å². The van der Waals surface area contributed by atoms with Crippen LogP contribution in [0.25, 0.3) is 0 Å². The lowest BCUT2D eigenvalue weighted by Gasteiger charge is -2.27. The molecule has 0 spiro atoms. The van der Waals surface area contributed by atoms with Crippen LogP contribution in [-0.2, 0) is 21.6 Å². The van der Waals surface area contributed by atoms with Gasteiger partial charge in [0.05, 0.1) is 5.41 Å². The number of hydroxylamine groups is 1. The number of hydrogen-bond acceptors (Lipinski definition) is 4. The fourth-order valence-corrected chi connectivity index (χ4v) is 3.99. The number of amides is 2. The molecule has 6 nitrogen and oxygen atoms in total. The van der Waals surface area contributed by atoms with Crippen LogP contribution in [0.3, 0.4) is 0 Å². The van der Waals surface area contributed by atoms with E-state index in [2.05, 4.69) is 32.0 Å². The smallest absolute Gasteiger partial charge is 0.265 e. The fourth-order valence-electron chi connectivity index (χ4n) is 3.99.